The molecule has 0 amide bonds. The lowest BCUT2D eigenvalue weighted by atomic mass is 10.1. The monoisotopic (exact) mass is 396 g/mol. The van der Waals surface area contributed by atoms with Crippen molar-refractivity contribution in [1.82, 2.24) is 0 Å². The van der Waals surface area contributed by atoms with Crippen LogP contribution in [0.1, 0.15) is 35.9 Å². The van der Waals surface area contributed by atoms with Crippen molar-refractivity contribution in [3.05, 3.63) is 57.8 Å². The molecule has 0 aliphatic heterocycles. The van der Waals surface area contributed by atoms with Gasteiger partial charge < -0.3 is 14.2 Å². The van der Waals surface area contributed by atoms with Crippen molar-refractivity contribution in [3.63, 3.8) is 0 Å². The molecule has 128 valence electrons. The van der Waals surface area contributed by atoms with Gasteiger partial charge in [-0.05, 0) is 59.6 Å². The first kappa shape index (κ1) is 18.3. The molecule has 1 atom stereocenters. The molecule has 0 aromatic heterocycles. The number of hydrogen-bond donors (Lipinski definition) is 0. The van der Waals surface area contributed by atoms with Gasteiger partial charge in [0.25, 0.3) is 0 Å². The van der Waals surface area contributed by atoms with Crippen molar-refractivity contribution in [2.45, 2.75) is 20.0 Å². The topological polar surface area (TPSA) is 44.8 Å². The van der Waals surface area contributed by atoms with Crippen LogP contribution in [0.25, 0.3) is 0 Å². The van der Waals surface area contributed by atoms with Gasteiger partial charge in [0.2, 0.25) is 0 Å². The summed E-state index contributed by atoms with van der Waals surface area (Å²) in [6, 6.07) is 9.02. The Kier molecular flexibility index (Phi) is 6.20. The Balaban J connectivity index is 2.21. The van der Waals surface area contributed by atoms with Crippen LogP contribution in [0.15, 0.2) is 40.9 Å². The van der Waals surface area contributed by atoms with Gasteiger partial charge in [-0.2, -0.15) is 0 Å². The molecule has 0 saturated carbocycles. The fourth-order valence-electron chi connectivity index (χ4n) is 2.18. The minimum Gasteiger partial charge on any atom is -0.492 e. The standard InChI is InChI=1S/C18H18BrFO4/c1-4-23-16-10-13(9-15(19)17(16)22-3)18(21)24-11(2)12-5-7-14(20)8-6-12/h5-11H,4H2,1-3H3/t11-/m0/s1. The zero-order valence-corrected chi connectivity index (χ0v) is 15.2. The number of rotatable bonds is 6. The highest BCUT2D eigenvalue weighted by Crippen LogP contribution is 2.37. The van der Waals surface area contributed by atoms with Gasteiger partial charge in [-0.15, -0.1) is 0 Å². The predicted molar refractivity (Wildman–Crippen MR) is 92.1 cm³/mol. The third-order valence-corrected chi connectivity index (χ3v) is 3.96. The Morgan fingerprint density at radius 3 is 2.50 bits per heavy atom. The van der Waals surface area contributed by atoms with Crippen LogP contribution in [0.3, 0.4) is 0 Å². The summed E-state index contributed by atoms with van der Waals surface area (Å²) in [5, 5.41) is 0. The van der Waals surface area contributed by atoms with Crippen LogP contribution < -0.4 is 9.47 Å². The molecule has 0 fully saturated rings. The third kappa shape index (κ3) is 4.26. The van der Waals surface area contributed by atoms with Gasteiger partial charge in [-0.25, -0.2) is 9.18 Å². The molecule has 2 rings (SSSR count). The first-order chi connectivity index (χ1) is 11.5. The van der Waals surface area contributed by atoms with Crippen molar-refractivity contribution in [2.24, 2.45) is 0 Å². The summed E-state index contributed by atoms with van der Waals surface area (Å²) in [6.07, 6.45) is -0.505. The van der Waals surface area contributed by atoms with Crippen LogP contribution >= 0.6 is 15.9 Å². The molecule has 4 nitrogen and oxygen atoms in total. The Labute approximate surface area is 148 Å². The molecule has 6 heteroatoms. The molecule has 0 spiro atoms. The number of methoxy groups -OCH3 is 1. The first-order valence-electron chi connectivity index (χ1n) is 7.43. The minimum absolute atomic E-state index is 0.333. The molecule has 2 aromatic carbocycles. The molecule has 0 radical (unpaired) electrons. The second-order valence-corrected chi connectivity index (χ2v) is 5.88. The van der Waals surface area contributed by atoms with E-state index >= 15 is 0 Å². The summed E-state index contributed by atoms with van der Waals surface area (Å²) in [5.74, 6) is 0.129. The molecule has 0 aliphatic rings. The summed E-state index contributed by atoms with van der Waals surface area (Å²) in [4.78, 5) is 12.4. The molecule has 24 heavy (non-hydrogen) atoms. The van der Waals surface area contributed by atoms with Crippen LogP contribution in [-0.2, 0) is 4.74 Å². The van der Waals surface area contributed by atoms with Crippen molar-refractivity contribution in [3.8, 4) is 11.5 Å². The highest BCUT2D eigenvalue weighted by molar-refractivity contribution is 9.10. The maximum absolute atomic E-state index is 13.0. The summed E-state index contributed by atoms with van der Waals surface area (Å²) >= 11 is 3.36. The van der Waals surface area contributed by atoms with Crippen LogP contribution in [0.2, 0.25) is 0 Å². The fraction of sp³-hybridized carbons (Fsp3) is 0.278. The number of ether oxygens (including phenoxy) is 3. The van der Waals surface area contributed by atoms with Crippen molar-refractivity contribution in [2.75, 3.05) is 13.7 Å². The quantitative estimate of drug-likeness (QED) is 0.650. The number of carbonyl (C=O) groups excluding carboxylic acids is 1. The third-order valence-electron chi connectivity index (χ3n) is 3.37. The van der Waals surface area contributed by atoms with E-state index in [-0.39, 0.29) is 5.82 Å². The highest BCUT2D eigenvalue weighted by Gasteiger charge is 2.19. The molecule has 0 saturated heterocycles. The highest BCUT2D eigenvalue weighted by atomic mass is 79.9. The van der Waals surface area contributed by atoms with Crippen molar-refractivity contribution in [1.29, 1.82) is 0 Å². The zero-order valence-electron chi connectivity index (χ0n) is 13.6. The minimum atomic E-state index is -0.505. The maximum atomic E-state index is 13.0. The molecule has 0 unspecified atom stereocenters. The van der Waals surface area contributed by atoms with Gasteiger partial charge in [-0.3, -0.25) is 0 Å². The Bertz CT molecular complexity index is 716. The molecular formula is C18H18BrFO4. The lowest BCUT2D eigenvalue weighted by Crippen LogP contribution is -2.10. The van der Waals surface area contributed by atoms with E-state index in [0.29, 0.717) is 33.7 Å². The molecular weight excluding hydrogens is 379 g/mol. The van der Waals surface area contributed by atoms with Crippen LogP contribution in [-0.4, -0.2) is 19.7 Å². The Morgan fingerprint density at radius 1 is 1.25 bits per heavy atom. The number of hydrogen-bond acceptors (Lipinski definition) is 4. The number of benzene rings is 2. The van der Waals surface area contributed by atoms with E-state index in [1.807, 2.05) is 6.92 Å². The molecule has 0 bridgehead atoms. The molecule has 0 aliphatic carbocycles. The van der Waals surface area contributed by atoms with Crippen LogP contribution in [0.4, 0.5) is 4.39 Å². The fourth-order valence-corrected chi connectivity index (χ4v) is 2.78. The number of carbonyl (C=O) groups is 1. The van der Waals surface area contributed by atoms with Crippen molar-refractivity contribution >= 4 is 21.9 Å². The Hall–Kier alpha value is -2.08. The van der Waals surface area contributed by atoms with E-state index in [4.69, 9.17) is 14.2 Å². The first-order valence-corrected chi connectivity index (χ1v) is 8.22. The summed E-state index contributed by atoms with van der Waals surface area (Å²) < 4.78 is 29.8. The second kappa shape index (κ2) is 8.15. The lowest BCUT2D eigenvalue weighted by molar-refractivity contribution is 0.0337. The van der Waals surface area contributed by atoms with Crippen LogP contribution in [0, 0.1) is 5.82 Å². The van der Waals surface area contributed by atoms with Gasteiger partial charge in [0.05, 0.1) is 23.8 Å². The van der Waals surface area contributed by atoms with E-state index in [0.717, 1.165) is 0 Å². The summed E-state index contributed by atoms with van der Waals surface area (Å²) in [7, 11) is 1.53. The normalized spacial score (nSPS) is 11.7. The van der Waals surface area contributed by atoms with Gasteiger partial charge >= 0.3 is 5.97 Å². The SMILES string of the molecule is CCOc1cc(C(=O)O[C@@H](C)c2ccc(F)cc2)cc(Br)c1OC. The summed E-state index contributed by atoms with van der Waals surface area (Å²) in [5.41, 5.74) is 1.04. The molecule has 0 N–H and O–H groups in total. The van der Waals surface area contributed by atoms with Gasteiger partial charge in [0, 0.05) is 0 Å². The van der Waals surface area contributed by atoms with E-state index in [1.165, 1.54) is 19.2 Å². The van der Waals surface area contributed by atoms with E-state index in [9.17, 15) is 9.18 Å². The second-order valence-electron chi connectivity index (χ2n) is 5.02. The smallest absolute Gasteiger partial charge is 0.338 e. The average Bonchev–Trinajstić information content (AvgIpc) is 2.55. The number of esters is 1. The molecule has 2 aromatic rings. The summed E-state index contributed by atoms with van der Waals surface area (Å²) in [6.45, 7) is 4.01. The lowest BCUT2D eigenvalue weighted by Gasteiger charge is -2.16. The van der Waals surface area contributed by atoms with E-state index in [2.05, 4.69) is 15.9 Å². The zero-order chi connectivity index (χ0) is 17.7. The maximum Gasteiger partial charge on any atom is 0.338 e. The van der Waals surface area contributed by atoms with Crippen LogP contribution in [0.5, 0.6) is 11.5 Å². The van der Waals surface area contributed by atoms with E-state index < -0.39 is 12.1 Å². The van der Waals surface area contributed by atoms with Gasteiger partial charge in [0.15, 0.2) is 11.5 Å². The average molecular weight is 397 g/mol. The largest absolute Gasteiger partial charge is 0.492 e. The Morgan fingerprint density at radius 2 is 1.92 bits per heavy atom. The molecule has 0 heterocycles. The predicted octanol–water partition coefficient (Wildman–Crippen LogP) is 4.91. The van der Waals surface area contributed by atoms with E-state index in [1.54, 1.807) is 31.2 Å². The van der Waals surface area contributed by atoms with Gasteiger partial charge in [-0.1, -0.05) is 12.1 Å². The van der Waals surface area contributed by atoms with Crippen molar-refractivity contribution < 1.29 is 23.4 Å². The van der Waals surface area contributed by atoms with Gasteiger partial charge in [0.1, 0.15) is 11.9 Å². The number of halogens is 2.